The number of likely N-dealkylation sites (tertiary alicyclic amines) is 2. The second-order valence-electron chi connectivity index (χ2n) is 16.2. The Morgan fingerprint density at radius 3 is 2.25 bits per heavy atom. The number of carbonyl (C=O) groups excluding carboxylic acids is 2. The zero-order valence-electron chi connectivity index (χ0n) is 31.6. The highest BCUT2D eigenvalue weighted by molar-refractivity contribution is 6.35. The van der Waals surface area contributed by atoms with Crippen LogP contribution in [0.4, 0.5) is 19.0 Å². The minimum Gasteiger partial charge on any atom is -0.496 e. The summed E-state index contributed by atoms with van der Waals surface area (Å²) in [5.74, 6) is 0.456. The second kappa shape index (κ2) is 14.1. The molecule has 0 bridgehead atoms. The van der Waals surface area contributed by atoms with Crippen LogP contribution < -0.4 is 25.4 Å². The van der Waals surface area contributed by atoms with E-state index in [0.29, 0.717) is 68.3 Å². The molecule has 0 unspecified atom stereocenters. The SMILES string of the molecule is COc1cc(-c2nccc(-c3cccc4c3CC[C@H]4Nc3nc(OC)c(CN4CC5(CNC(=O)C5)C4)nc3C(F)(F)F)c2Cl)ccc1CN1CC2(CNC(=O)C2)C1. The van der Waals surface area contributed by atoms with Gasteiger partial charge in [0.25, 0.3) is 0 Å². The highest BCUT2D eigenvalue weighted by atomic mass is 35.5. The third-order valence-corrected chi connectivity index (χ3v) is 12.5. The number of anilines is 1. The smallest absolute Gasteiger partial charge is 0.437 e. The summed E-state index contributed by atoms with van der Waals surface area (Å²) in [4.78, 5) is 40.9. The molecule has 2 spiro atoms. The van der Waals surface area contributed by atoms with Crippen molar-refractivity contribution < 1.29 is 32.2 Å². The number of hydrogen-bond acceptors (Lipinski definition) is 10. The Morgan fingerprint density at radius 1 is 0.912 bits per heavy atom. The Morgan fingerprint density at radius 2 is 1.61 bits per heavy atom. The molecule has 0 radical (unpaired) electrons. The summed E-state index contributed by atoms with van der Waals surface area (Å²) in [6.45, 7) is 4.96. The van der Waals surface area contributed by atoms with Gasteiger partial charge in [-0.05, 0) is 41.7 Å². The average Bonchev–Trinajstić information content (AvgIpc) is 3.88. The normalized spacial score (nSPS) is 20.9. The van der Waals surface area contributed by atoms with E-state index < -0.39 is 23.7 Å². The van der Waals surface area contributed by atoms with Gasteiger partial charge in [-0.3, -0.25) is 24.4 Å². The van der Waals surface area contributed by atoms with Crippen molar-refractivity contribution in [3.05, 3.63) is 81.8 Å². The van der Waals surface area contributed by atoms with Gasteiger partial charge in [0.05, 0.1) is 31.0 Å². The summed E-state index contributed by atoms with van der Waals surface area (Å²) in [6.07, 6.45) is -0.956. The number of rotatable bonds is 10. The molecule has 16 heteroatoms. The molecule has 4 saturated heterocycles. The molecule has 9 rings (SSSR count). The number of pyridine rings is 1. The number of carbonyl (C=O) groups is 2. The quantitative estimate of drug-likeness (QED) is 0.185. The van der Waals surface area contributed by atoms with Crippen LogP contribution in [0.1, 0.15) is 53.4 Å². The highest BCUT2D eigenvalue weighted by Crippen LogP contribution is 2.46. The fourth-order valence-corrected chi connectivity index (χ4v) is 9.87. The lowest BCUT2D eigenvalue weighted by Gasteiger charge is -2.47. The summed E-state index contributed by atoms with van der Waals surface area (Å²) in [5.41, 5.74) is 4.71. The lowest BCUT2D eigenvalue weighted by molar-refractivity contribution is -0.141. The van der Waals surface area contributed by atoms with Crippen LogP contribution in [0.15, 0.2) is 48.7 Å². The van der Waals surface area contributed by atoms with Gasteiger partial charge in [0, 0.05) is 98.9 Å². The fourth-order valence-electron chi connectivity index (χ4n) is 9.55. The summed E-state index contributed by atoms with van der Waals surface area (Å²) in [5, 5.41) is 9.32. The monoisotopic (exact) mass is 802 g/mol. The summed E-state index contributed by atoms with van der Waals surface area (Å²) in [6, 6.07) is 13.1. The summed E-state index contributed by atoms with van der Waals surface area (Å²) < 4.78 is 55.0. The molecule has 6 heterocycles. The summed E-state index contributed by atoms with van der Waals surface area (Å²) >= 11 is 7.15. The number of hydrogen-bond donors (Lipinski definition) is 3. The Hall–Kier alpha value is -4.99. The molecule has 298 valence electrons. The van der Waals surface area contributed by atoms with Crippen LogP contribution in [0.5, 0.6) is 11.6 Å². The van der Waals surface area contributed by atoms with Gasteiger partial charge >= 0.3 is 6.18 Å². The number of nitrogens with one attached hydrogen (secondary N) is 3. The van der Waals surface area contributed by atoms with Gasteiger partial charge < -0.3 is 25.4 Å². The molecule has 5 aliphatic rings. The van der Waals surface area contributed by atoms with Gasteiger partial charge in [-0.2, -0.15) is 18.2 Å². The maximum Gasteiger partial charge on any atom is 0.437 e. The summed E-state index contributed by atoms with van der Waals surface area (Å²) in [7, 11) is 3.01. The maximum absolute atomic E-state index is 14.6. The minimum atomic E-state index is -4.77. The van der Waals surface area contributed by atoms with Crippen molar-refractivity contribution >= 4 is 29.2 Å². The van der Waals surface area contributed by atoms with Gasteiger partial charge in [0.2, 0.25) is 17.7 Å². The van der Waals surface area contributed by atoms with Crippen molar-refractivity contribution in [1.82, 2.24) is 35.4 Å². The number of halogens is 4. The molecule has 4 aromatic rings. The zero-order chi connectivity index (χ0) is 39.7. The van der Waals surface area contributed by atoms with Crippen LogP contribution in [0, 0.1) is 10.8 Å². The fraction of sp³-hybridized carbons (Fsp3) is 0.439. The lowest BCUT2D eigenvalue weighted by Crippen LogP contribution is -2.56. The number of ether oxygens (including phenoxy) is 2. The number of methoxy groups -OCH3 is 2. The number of fused-ring (bicyclic) bond motifs is 1. The van der Waals surface area contributed by atoms with Crippen LogP contribution in [0.3, 0.4) is 0 Å². The van der Waals surface area contributed by atoms with Crippen LogP contribution in [0.25, 0.3) is 22.4 Å². The van der Waals surface area contributed by atoms with E-state index in [2.05, 4.69) is 35.8 Å². The minimum absolute atomic E-state index is 0.00605. The van der Waals surface area contributed by atoms with Crippen LogP contribution >= 0.6 is 11.6 Å². The average molecular weight is 803 g/mol. The first-order chi connectivity index (χ1) is 27.3. The van der Waals surface area contributed by atoms with E-state index in [4.69, 9.17) is 21.1 Å². The van der Waals surface area contributed by atoms with Crippen LogP contribution in [-0.2, 0) is 35.3 Å². The Balaban J connectivity index is 0.945. The van der Waals surface area contributed by atoms with Gasteiger partial charge in [0.1, 0.15) is 11.4 Å². The highest BCUT2D eigenvalue weighted by Gasteiger charge is 2.49. The molecule has 1 atom stereocenters. The number of aromatic nitrogens is 3. The molecular weight excluding hydrogens is 761 g/mol. The van der Waals surface area contributed by atoms with Crippen molar-refractivity contribution in [3.8, 4) is 34.0 Å². The van der Waals surface area contributed by atoms with E-state index >= 15 is 0 Å². The van der Waals surface area contributed by atoms with Gasteiger partial charge in [-0.25, -0.2) is 4.98 Å². The maximum atomic E-state index is 14.6. The largest absolute Gasteiger partial charge is 0.496 e. The van der Waals surface area contributed by atoms with E-state index in [9.17, 15) is 22.8 Å². The third-order valence-electron chi connectivity index (χ3n) is 12.1. The molecule has 57 heavy (non-hydrogen) atoms. The number of benzene rings is 2. The van der Waals surface area contributed by atoms with Gasteiger partial charge in [-0.1, -0.05) is 41.9 Å². The van der Waals surface area contributed by atoms with Crippen molar-refractivity contribution in [2.75, 3.05) is 58.8 Å². The molecule has 3 N–H and O–H groups in total. The molecule has 0 saturated carbocycles. The van der Waals surface area contributed by atoms with Crippen molar-refractivity contribution in [2.45, 2.75) is 51.0 Å². The molecule has 4 aliphatic heterocycles. The third kappa shape index (κ3) is 6.93. The van der Waals surface area contributed by atoms with Gasteiger partial charge in [0.15, 0.2) is 11.5 Å². The van der Waals surface area contributed by atoms with Crippen LogP contribution in [0.2, 0.25) is 5.02 Å². The molecule has 12 nitrogen and oxygen atoms in total. The zero-order valence-corrected chi connectivity index (χ0v) is 32.3. The first-order valence-electron chi connectivity index (χ1n) is 19.1. The van der Waals surface area contributed by atoms with E-state index in [1.807, 2.05) is 47.4 Å². The van der Waals surface area contributed by atoms with E-state index in [1.54, 1.807) is 13.3 Å². The topological polar surface area (TPSA) is 134 Å². The number of nitrogens with zero attached hydrogens (tertiary/aromatic N) is 5. The van der Waals surface area contributed by atoms with Crippen LogP contribution in [-0.4, -0.2) is 90.1 Å². The number of amides is 2. The lowest BCUT2D eigenvalue weighted by atomic mass is 9.79. The van der Waals surface area contributed by atoms with Crippen molar-refractivity contribution in [3.63, 3.8) is 0 Å². The molecule has 2 amide bonds. The molecule has 2 aromatic carbocycles. The Bertz CT molecular complexity index is 2280. The molecule has 2 aromatic heterocycles. The second-order valence-corrected chi connectivity index (χ2v) is 16.6. The standard InChI is InChI=1S/C41H42ClF3N8O4/c1-56-31-12-23(6-7-24(31)15-52-19-39(20-52)13-32(54)47-17-39)35-34(42)28(10-11-46-35)25-4-3-5-27-26(25)8-9-29(27)50-37-36(41(43,44)45)49-30(38(51-37)57-2)16-53-21-40(22-53)14-33(55)48-18-40/h3-7,10-12,29H,8-9,13-22H2,1-2H3,(H,47,54)(H,48,55)(H,50,51)/t29-/m1/s1. The van der Waals surface area contributed by atoms with Crippen molar-refractivity contribution in [1.29, 1.82) is 0 Å². The molecule has 4 fully saturated rings. The van der Waals surface area contributed by atoms with Crippen molar-refractivity contribution in [2.24, 2.45) is 10.8 Å². The predicted molar refractivity (Wildman–Crippen MR) is 206 cm³/mol. The van der Waals surface area contributed by atoms with Gasteiger partial charge in [-0.15, -0.1) is 0 Å². The first kappa shape index (κ1) is 37.6. The predicted octanol–water partition coefficient (Wildman–Crippen LogP) is 5.64. The Kier molecular flexibility index (Phi) is 9.32. The van der Waals surface area contributed by atoms with E-state index in [0.717, 1.165) is 53.0 Å². The molecular formula is C41H42ClF3N8O4. The van der Waals surface area contributed by atoms with E-state index in [1.165, 1.54) is 7.11 Å². The first-order valence-corrected chi connectivity index (χ1v) is 19.4. The molecule has 1 aliphatic carbocycles. The van der Waals surface area contributed by atoms with E-state index in [-0.39, 0.29) is 40.8 Å². The number of alkyl halides is 3. The Labute approximate surface area is 332 Å².